The Hall–Kier alpha value is -0.770. The van der Waals surface area contributed by atoms with Crippen molar-refractivity contribution in [1.29, 1.82) is 0 Å². The zero-order valence-corrected chi connectivity index (χ0v) is 8.23. The van der Waals surface area contributed by atoms with Gasteiger partial charge in [0.05, 0.1) is 5.69 Å². The summed E-state index contributed by atoms with van der Waals surface area (Å²) in [5.41, 5.74) is -0.156. The van der Waals surface area contributed by atoms with E-state index in [4.69, 9.17) is 11.6 Å². The van der Waals surface area contributed by atoms with E-state index in [1.54, 1.807) is 6.07 Å². The fourth-order valence-corrected chi connectivity index (χ4v) is 1.24. The van der Waals surface area contributed by atoms with E-state index in [0.717, 1.165) is 0 Å². The first kappa shape index (κ1) is 11.3. The molecule has 1 atom stereocenters. The normalized spacial score (nSPS) is 16.4. The van der Waals surface area contributed by atoms with Gasteiger partial charge in [0, 0.05) is 6.20 Å². The van der Waals surface area contributed by atoms with E-state index in [-0.39, 0.29) is 12.1 Å². The van der Waals surface area contributed by atoms with Crippen molar-refractivity contribution in [3.63, 3.8) is 0 Å². The molecule has 0 N–H and O–H groups in total. The number of nitrogens with zero attached hydrogens (tertiary/aromatic N) is 1. The fraction of sp³-hybridized carbons (Fsp3) is 0.444. The van der Waals surface area contributed by atoms with Crippen LogP contribution in [0.1, 0.15) is 19.0 Å². The molecule has 5 heteroatoms. The lowest BCUT2D eigenvalue weighted by molar-refractivity contribution is -0.166. The lowest BCUT2D eigenvalue weighted by atomic mass is 10.00. The number of alkyl halides is 4. The summed E-state index contributed by atoms with van der Waals surface area (Å²) in [7, 11) is 0. The molecule has 78 valence electrons. The van der Waals surface area contributed by atoms with E-state index >= 15 is 0 Å². The second kappa shape index (κ2) is 3.77. The van der Waals surface area contributed by atoms with Crippen LogP contribution in [0.3, 0.4) is 0 Å². The summed E-state index contributed by atoms with van der Waals surface area (Å²) in [6, 6.07) is 4.32. The highest BCUT2D eigenvalue weighted by Crippen LogP contribution is 2.46. The zero-order valence-electron chi connectivity index (χ0n) is 7.48. The van der Waals surface area contributed by atoms with Gasteiger partial charge in [-0.3, -0.25) is 4.98 Å². The molecule has 0 aliphatic rings. The van der Waals surface area contributed by atoms with E-state index < -0.39 is 11.1 Å². The number of halogens is 4. The van der Waals surface area contributed by atoms with Crippen molar-refractivity contribution < 1.29 is 13.2 Å². The highest BCUT2D eigenvalue weighted by molar-refractivity contribution is 6.24. The smallest absolute Gasteiger partial charge is 0.259 e. The van der Waals surface area contributed by atoms with E-state index in [1.807, 2.05) is 0 Å². The molecule has 0 bridgehead atoms. The fourth-order valence-electron chi connectivity index (χ4n) is 1.12. The van der Waals surface area contributed by atoms with Gasteiger partial charge in [-0.2, -0.15) is 13.2 Å². The van der Waals surface area contributed by atoms with Crippen molar-refractivity contribution in [1.82, 2.24) is 4.98 Å². The van der Waals surface area contributed by atoms with Crippen LogP contribution < -0.4 is 0 Å². The first-order valence-electron chi connectivity index (χ1n) is 4.09. The number of aromatic nitrogens is 1. The minimum absolute atomic E-state index is 0.156. The Kier molecular flexibility index (Phi) is 3.04. The summed E-state index contributed by atoms with van der Waals surface area (Å²) in [4.78, 5) is 1.27. The average molecular weight is 224 g/mol. The first-order valence-corrected chi connectivity index (χ1v) is 4.47. The summed E-state index contributed by atoms with van der Waals surface area (Å²) >= 11 is 5.54. The van der Waals surface area contributed by atoms with Crippen molar-refractivity contribution in [2.45, 2.75) is 24.4 Å². The van der Waals surface area contributed by atoms with E-state index in [1.165, 1.54) is 25.3 Å². The van der Waals surface area contributed by atoms with Gasteiger partial charge in [-0.15, -0.1) is 11.6 Å². The number of hydrogen-bond donors (Lipinski definition) is 0. The van der Waals surface area contributed by atoms with Gasteiger partial charge in [0.1, 0.15) is 0 Å². The molecule has 14 heavy (non-hydrogen) atoms. The van der Waals surface area contributed by atoms with E-state index in [0.29, 0.717) is 0 Å². The van der Waals surface area contributed by atoms with Gasteiger partial charge in [0.15, 0.2) is 4.87 Å². The minimum atomic E-state index is -4.49. The molecule has 0 aliphatic heterocycles. The Morgan fingerprint density at radius 3 is 2.36 bits per heavy atom. The van der Waals surface area contributed by atoms with Gasteiger partial charge in [0.2, 0.25) is 0 Å². The van der Waals surface area contributed by atoms with Crippen LogP contribution in [0.2, 0.25) is 0 Å². The Morgan fingerprint density at radius 2 is 2.00 bits per heavy atom. The Bertz CT molecular complexity index is 299. The third-order valence-electron chi connectivity index (χ3n) is 2.01. The molecular formula is C9H9ClF3N. The second-order valence-electron chi connectivity index (χ2n) is 2.87. The maximum Gasteiger partial charge on any atom is 0.413 e. The number of pyridine rings is 1. The molecule has 0 radical (unpaired) electrons. The molecule has 0 aromatic carbocycles. The number of rotatable bonds is 2. The Labute approximate surface area is 84.9 Å². The molecule has 1 rings (SSSR count). The molecule has 0 spiro atoms. The predicted molar refractivity (Wildman–Crippen MR) is 48.1 cm³/mol. The molecule has 1 aromatic heterocycles. The monoisotopic (exact) mass is 223 g/mol. The van der Waals surface area contributed by atoms with Crippen LogP contribution in [0, 0.1) is 0 Å². The molecule has 0 fully saturated rings. The summed E-state index contributed by atoms with van der Waals surface area (Å²) in [5, 5.41) is 0. The van der Waals surface area contributed by atoms with Crippen molar-refractivity contribution in [2.24, 2.45) is 0 Å². The van der Waals surface area contributed by atoms with Crippen LogP contribution in [-0.4, -0.2) is 11.2 Å². The molecule has 0 saturated heterocycles. The minimum Gasteiger partial charge on any atom is -0.259 e. The number of hydrogen-bond acceptors (Lipinski definition) is 1. The summed E-state index contributed by atoms with van der Waals surface area (Å²) in [6.07, 6.45) is -3.43. The van der Waals surface area contributed by atoms with Gasteiger partial charge < -0.3 is 0 Å². The quantitative estimate of drug-likeness (QED) is 0.700. The van der Waals surface area contributed by atoms with Crippen LogP contribution >= 0.6 is 11.6 Å². The largest absolute Gasteiger partial charge is 0.413 e. The van der Waals surface area contributed by atoms with Crippen LogP contribution in [0.15, 0.2) is 24.4 Å². The molecular weight excluding hydrogens is 215 g/mol. The summed E-state index contributed by atoms with van der Waals surface area (Å²) in [6.45, 7) is 1.38. The van der Waals surface area contributed by atoms with Gasteiger partial charge in [-0.1, -0.05) is 13.0 Å². The standard InChI is InChI=1S/C9H9ClF3N/c1-2-8(10,9(11,12)13)7-5-3-4-6-14-7/h3-6H,2H2,1H3. The highest BCUT2D eigenvalue weighted by atomic mass is 35.5. The molecule has 1 aromatic rings. The highest BCUT2D eigenvalue weighted by Gasteiger charge is 2.54. The van der Waals surface area contributed by atoms with Gasteiger partial charge in [0.25, 0.3) is 0 Å². The zero-order chi connectivity index (χ0) is 10.8. The second-order valence-corrected chi connectivity index (χ2v) is 3.51. The van der Waals surface area contributed by atoms with Crippen LogP contribution in [0.25, 0.3) is 0 Å². The summed E-state index contributed by atoms with van der Waals surface area (Å²) in [5.74, 6) is 0. The Morgan fingerprint density at radius 1 is 1.36 bits per heavy atom. The maximum absolute atomic E-state index is 12.6. The van der Waals surface area contributed by atoms with Gasteiger partial charge in [-0.05, 0) is 18.6 Å². The van der Waals surface area contributed by atoms with E-state index in [2.05, 4.69) is 4.98 Å². The Balaban J connectivity index is 3.15. The third kappa shape index (κ3) is 1.85. The van der Waals surface area contributed by atoms with Crippen LogP contribution in [0.5, 0.6) is 0 Å². The molecule has 1 unspecified atom stereocenters. The van der Waals surface area contributed by atoms with Crippen molar-refractivity contribution in [3.05, 3.63) is 30.1 Å². The molecule has 1 heterocycles. The summed E-state index contributed by atoms with van der Waals surface area (Å²) < 4.78 is 37.9. The van der Waals surface area contributed by atoms with Gasteiger partial charge in [-0.25, -0.2) is 0 Å². The third-order valence-corrected chi connectivity index (χ3v) is 2.68. The van der Waals surface area contributed by atoms with Gasteiger partial charge >= 0.3 is 6.18 Å². The molecule has 0 saturated carbocycles. The average Bonchev–Trinajstić information content (AvgIpc) is 2.16. The molecule has 1 nitrogen and oxygen atoms in total. The predicted octanol–water partition coefficient (Wildman–Crippen LogP) is 3.49. The van der Waals surface area contributed by atoms with Crippen LogP contribution in [0.4, 0.5) is 13.2 Å². The lowest BCUT2D eigenvalue weighted by Crippen LogP contribution is -2.37. The maximum atomic E-state index is 12.6. The SMILES string of the molecule is CCC(Cl)(c1ccccn1)C(F)(F)F. The van der Waals surface area contributed by atoms with Crippen molar-refractivity contribution in [2.75, 3.05) is 0 Å². The topological polar surface area (TPSA) is 12.9 Å². The van der Waals surface area contributed by atoms with E-state index in [9.17, 15) is 13.2 Å². The van der Waals surface area contributed by atoms with Crippen molar-refractivity contribution >= 4 is 11.6 Å². The molecule has 0 amide bonds. The first-order chi connectivity index (χ1) is 6.42. The van der Waals surface area contributed by atoms with Crippen molar-refractivity contribution in [3.8, 4) is 0 Å². The lowest BCUT2D eigenvalue weighted by Gasteiger charge is -2.27. The molecule has 0 aliphatic carbocycles. The van der Waals surface area contributed by atoms with Crippen LogP contribution in [-0.2, 0) is 4.87 Å².